The fraction of sp³-hybridized carbons (Fsp3) is 0.462. The van der Waals surface area contributed by atoms with Gasteiger partial charge in [-0.05, 0) is 30.5 Å². The third-order valence-electron chi connectivity index (χ3n) is 3.04. The van der Waals surface area contributed by atoms with Crippen LogP contribution in [0.4, 0.5) is 0 Å². The molecule has 1 aromatic carbocycles. The van der Waals surface area contributed by atoms with Crippen molar-refractivity contribution < 1.29 is 4.21 Å². The van der Waals surface area contributed by atoms with Crippen molar-refractivity contribution in [3.8, 4) is 6.07 Å². The Kier molecular flexibility index (Phi) is 3.74. The second kappa shape index (κ2) is 5.27. The van der Waals surface area contributed by atoms with Crippen molar-refractivity contribution in [2.75, 3.05) is 0 Å². The van der Waals surface area contributed by atoms with E-state index in [-0.39, 0.29) is 0 Å². The van der Waals surface area contributed by atoms with Crippen LogP contribution in [-0.4, -0.2) is 9.46 Å². The predicted molar refractivity (Wildman–Crippen MR) is 65.3 cm³/mol. The Morgan fingerprint density at radius 3 is 2.81 bits per heavy atom. The summed E-state index contributed by atoms with van der Waals surface area (Å²) in [5.74, 6) is 0.597. The van der Waals surface area contributed by atoms with Crippen molar-refractivity contribution in [2.45, 2.75) is 36.7 Å². The lowest BCUT2D eigenvalue weighted by Crippen LogP contribution is -2.12. The maximum Gasteiger partial charge on any atom is 0.0991 e. The molecule has 3 heteroatoms. The molecule has 2 rings (SSSR count). The first-order valence-corrected chi connectivity index (χ1v) is 7.04. The zero-order valence-corrected chi connectivity index (χ0v) is 10.0. The van der Waals surface area contributed by atoms with Crippen molar-refractivity contribution in [2.24, 2.45) is 0 Å². The number of rotatable bonds is 3. The minimum atomic E-state index is -0.766. The maximum atomic E-state index is 12.0. The Morgan fingerprint density at radius 1 is 1.38 bits per heavy atom. The topological polar surface area (TPSA) is 40.9 Å². The van der Waals surface area contributed by atoms with Gasteiger partial charge >= 0.3 is 0 Å². The molecule has 0 amide bonds. The highest BCUT2D eigenvalue weighted by Crippen LogP contribution is 2.24. The van der Waals surface area contributed by atoms with Gasteiger partial charge in [-0.15, -0.1) is 0 Å². The summed E-state index contributed by atoms with van der Waals surface area (Å²) in [6, 6.07) is 9.54. The SMILES string of the molecule is N#Cc1cccc(CS(=O)C2CCCC2)c1. The first-order valence-electron chi connectivity index (χ1n) is 5.66. The smallest absolute Gasteiger partial charge is 0.0991 e. The summed E-state index contributed by atoms with van der Waals surface area (Å²) < 4.78 is 12.0. The maximum absolute atomic E-state index is 12.0. The van der Waals surface area contributed by atoms with Crippen LogP contribution in [0.3, 0.4) is 0 Å². The molecule has 16 heavy (non-hydrogen) atoms. The molecule has 0 saturated heterocycles. The molecule has 0 aliphatic heterocycles. The van der Waals surface area contributed by atoms with E-state index < -0.39 is 10.8 Å². The van der Waals surface area contributed by atoms with Crippen LogP contribution in [0.15, 0.2) is 24.3 Å². The lowest BCUT2D eigenvalue weighted by atomic mass is 10.2. The minimum absolute atomic E-state index is 0.380. The van der Waals surface area contributed by atoms with Crippen molar-refractivity contribution >= 4 is 10.8 Å². The Balaban J connectivity index is 2.03. The summed E-state index contributed by atoms with van der Waals surface area (Å²) >= 11 is 0. The van der Waals surface area contributed by atoms with E-state index in [1.165, 1.54) is 12.8 Å². The zero-order chi connectivity index (χ0) is 11.4. The molecule has 0 radical (unpaired) electrons. The fourth-order valence-corrected chi connectivity index (χ4v) is 3.77. The molecule has 0 heterocycles. The van der Waals surface area contributed by atoms with Crippen LogP contribution in [0.25, 0.3) is 0 Å². The van der Waals surface area contributed by atoms with E-state index in [0.29, 0.717) is 16.6 Å². The number of hydrogen-bond donors (Lipinski definition) is 0. The average molecular weight is 233 g/mol. The fourth-order valence-electron chi connectivity index (χ4n) is 2.16. The van der Waals surface area contributed by atoms with Crippen LogP contribution in [-0.2, 0) is 16.6 Å². The molecule has 1 atom stereocenters. The van der Waals surface area contributed by atoms with Gasteiger partial charge in [0.2, 0.25) is 0 Å². The van der Waals surface area contributed by atoms with Gasteiger partial charge in [0, 0.05) is 21.8 Å². The van der Waals surface area contributed by atoms with Crippen LogP contribution in [0.5, 0.6) is 0 Å². The molecular formula is C13H15NOS. The Labute approximate surface area is 98.7 Å². The van der Waals surface area contributed by atoms with E-state index >= 15 is 0 Å². The third-order valence-corrected chi connectivity index (χ3v) is 4.87. The van der Waals surface area contributed by atoms with Crippen molar-refractivity contribution in [3.05, 3.63) is 35.4 Å². The predicted octanol–water partition coefficient (Wildman–Crippen LogP) is 2.75. The van der Waals surface area contributed by atoms with Gasteiger partial charge in [0.15, 0.2) is 0 Å². The molecule has 0 spiro atoms. The van der Waals surface area contributed by atoms with Gasteiger partial charge in [0.05, 0.1) is 11.6 Å². The van der Waals surface area contributed by atoms with Crippen LogP contribution >= 0.6 is 0 Å². The first-order chi connectivity index (χ1) is 7.79. The average Bonchev–Trinajstić information content (AvgIpc) is 2.83. The number of benzene rings is 1. The Hall–Kier alpha value is -1.14. The van der Waals surface area contributed by atoms with Gasteiger partial charge in [-0.25, -0.2) is 0 Å². The summed E-state index contributed by atoms with van der Waals surface area (Å²) in [7, 11) is -0.766. The van der Waals surface area contributed by atoms with Crippen LogP contribution < -0.4 is 0 Å². The molecule has 1 saturated carbocycles. The van der Waals surface area contributed by atoms with Crippen molar-refractivity contribution in [1.82, 2.24) is 0 Å². The Bertz CT molecular complexity index is 430. The van der Waals surface area contributed by atoms with Gasteiger partial charge in [-0.3, -0.25) is 4.21 Å². The molecule has 1 fully saturated rings. The number of nitriles is 1. The molecule has 0 bridgehead atoms. The normalized spacial score (nSPS) is 18.2. The molecule has 0 aromatic heterocycles. The van der Waals surface area contributed by atoms with E-state index in [1.54, 1.807) is 6.07 Å². The summed E-state index contributed by atoms with van der Waals surface area (Å²) in [5.41, 5.74) is 1.67. The van der Waals surface area contributed by atoms with Crippen molar-refractivity contribution in [3.63, 3.8) is 0 Å². The van der Waals surface area contributed by atoms with E-state index in [2.05, 4.69) is 6.07 Å². The van der Waals surface area contributed by atoms with Gasteiger partial charge < -0.3 is 0 Å². The highest BCUT2D eigenvalue weighted by Gasteiger charge is 2.21. The van der Waals surface area contributed by atoms with Crippen LogP contribution in [0, 0.1) is 11.3 Å². The van der Waals surface area contributed by atoms with E-state index in [1.807, 2.05) is 18.2 Å². The Morgan fingerprint density at radius 2 is 2.12 bits per heavy atom. The van der Waals surface area contributed by atoms with Crippen molar-refractivity contribution in [1.29, 1.82) is 5.26 Å². The highest BCUT2D eigenvalue weighted by atomic mass is 32.2. The van der Waals surface area contributed by atoms with Crippen LogP contribution in [0.1, 0.15) is 36.8 Å². The summed E-state index contributed by atoms with van der Waals surface area (Å²) in [4.78, 5) is 0. The van der Waals surface area contributed by atoms with Gasteiger partial charge in [-0.1, -0.05) is 25.0 Å². The van der Waals surface area contributed by atoms with Gasteiger partial charge in [0.1, 0.15) is 0 Å². The molecule has 1 aliphatic carbocycles. The molecular weight excluding hydrogens is 218 g/mol. The lowest BCUT2D eigenvalue weighted by Gasteiger charge is -2.08. The molecule has 2 nitrogen and oxygen atoms in total. The van der Waals surface area contributed by atoms with E-state index in [9.17, 15) is 4.21 Å². The molecule has 1 aliphatic rings. The first kappa shape index (κ1) is 11.3. The van der Waals surface area contributed by atoms with Gasteiger partial charge in [0.25, 0.3) is 0 Å². The summed E-state index contributed by atoms with van der Waals surface area (Å²) in [6.45, 7) is 0. The molecule has 1 aromatic rings. The minimum Gasteiger partial charge on any atom is -0.259 e. The number of nitrogens with zero attached hydrogens (tertiary/aromatic N) is 1. The summed E-state index contributed by atoms with van der Waals surface area (Å²) in [6.07, 6.45) is 4.64. The molecule has 84 valence electrons. The number of hydrogen-bond acceptors (Lipinski definition) is 2. The molecule has 1 unspecified atom stereocenters. The van der Waals surface area contributed by atoms with E-state index in [4.69, 9.17) is 5.26 Å². The van der Waals surface area contributed by atoms with Gasteiger partial charge in [-0.2, -0.15) is 5.26 Å². The second-order valence-corrected chi connectivity index (χ2v) is 5.96. The van der Waals surface area contributed by atoms with Crippen LogP contribution in [0.2, 0.25) is 0 Å². The lowest BCUT2D eigenvalue weighted by molar-refractivity contribution is 0.668. The second-order valence-electron chi connectivity index (χ2n) is 4.24. The highest BCUT2D eigenvalue weighted by molar-refractivity contribution is 7.84. The summed E-state index contributed by atoms with van der Waals surface area (Å²) in [5, 5.41) is 9.16. The third kappa shape index (κ3) is 2.70. The quantitative estimate of drug-likeness (QED) is 0.805. The molecule has 0 N–H and O–H groups in total. The zero-order valence-electron chi connectivity index (χ0n) is 9.19. The monoisotopic (exact) mass is 233 g/mol. The standard InChI is InChI=1S/C13H15NOS/c14-9-11-4-3-5-12(8-11)10-16(15)13-6-1-2-7-13/h3-5,8,13H,1-2,6-7,10H2. The van der Waals surface area contributed by atoms with E-state index in [0.717, 1.165) is 18.4 Å². The largest absolute Gasteiger partial charge is 0.259 e.